The smallest absolute Gasteiger partial charge is 0.247 e. The van der Waals surface area contributed by atoms with Gasteiger partial charge in [-0.25, -0.2) is 4.39 Å². The molecule has 1 aromatic heterocycles. The van der Waals surface area contributed by atoms with E-state index < -0.39 is 0 Å². The van der Waals surface area contributed by atoms with E-state index in [1.807, 2.05) is 24.3 Å². The highest BCUT2D eigenvalue weighted by Crippen LogP contribution is 2.21. The van der Waals surface area contributed by atoms with Crippen molar-refractivity contribution in [1.29, 1.82) is 0 Å². The van der Waals surface area contributed by atoms with Crippen LogP contribution in [-0.4, -0.2) is 10.2 Å². The average Bonchev–Trinajstić information content (AvgIpc) is 3.01. The highest BCUT2D eigenvalue weighted by molar-refractivity contribution is 6.30. The number of nitrogens with one attached hydrogen (secondary N) is 1. The maximum absolute atomic E-state index is 13.7. The zero-order valence-electron chi connectivity index (χ0n) is 10.9. The molecule has 4 nitrogen and oxygen atoms in total. The van der Waals surface area contributed by atoms with Crippen LogP contribution in [0.1, 0.15) is 5.56 Å². The first kappa shape index (κ1) is 13.6. The standard InChI is InChI=1S/C15H11ClFN3O/c16-12-5-4-11(14(17)7-12)8-18-13-3-1-2-10(6-13)15-20-19-9-21-15/h1-7,9,18H,8H2. The van der Waals surface area contributed by atoms with Gasteiger partial charge in [-0.1, -0.05) is 23.7 Å². The molecular formula is C15H11ClFN3O. The third-order valence-electron chi connectivity index (χ3n) is 2.97. The molecule has 0 aliphatic rings. The molecule has 0 unspecified atom stereocenters. The molecule has 0 fully saturated rings. The first-order valence-electron chi connectivity index (χ1n) is 6.27. The van der Waals surface area contributed by atoms with Crippen molar-refractivity contribution >= 4 is 17.3 Å². The maximum Gasteiger partial charge on any atom is 0.247 e. The Bertz CT molecular complexity index is 746. The molecule has 2 aromatic carbocycles. The van der Waals surface area contributed by atoms with Crippen molar-refractivity contribution in [2.75, 3.05) is 5.32 Å². The molecule has 1 heterocycles. The fourth-order valence-electron chi connectivity index (χ4n) is 1.92. The molecule has 0 spiro atoms. The number of benzene rings is 2. The monoisotopic (exact) mass is 303 g/mol. The van der Waals surface area contributed by atoms with Crippen LogP contribution < -0.4 is 5.32 Å². The Balaban J connectivity index is 1.75. The van der Waals surface area contributed by atoms with Gasteiger partial charge in [-0.05, 0) is 30.3 Å². The summed E-state index contributed by atoms with van der Waals surface area (Å²) in [5.41, 5.74) is 2.18. The predicted octanol–water partition coefficient (Wildman–Crippen LogP) is 4.14. The van der Waals surface area contributed by atoms with Crippen molar-refractivity contribution in [2.24, 2.45) is 0 Å². The quantitative estimate of drug-likeness (QED) is 0.787. The number of hydrogen-bond acceptors (Lipinski definition) is 4. The zero-order valence-corrected chi connectivity index (χ0v) is 11.6. The summed E-state index contributed by atoms with van der Waals surface area (Å²) >= 11 is 5.73. The van der Waals surface area contributed by atoms with Gasteiger partial charge in [-0.2, -0.15) is 0 Å². The Kier molecular flexibility index (Phi) is 3.83. The van der Waals surface area contributed by atoms with Gasteiger partial charge in [0.05, 0.1) is 0 Å². The first-order chi connectivity index (χ1) is 10.2. The minimum atomic E-state index is -0.331. The van der Waals surface area contributed by atoms with Crippen molar-refractivity contribution in [3.8, 4) is 11.5 Å². The molecule has 0 aliphatic heterocycles. The van der Waals surface area contributed by atoms with E-state index in [-0.39, 0.29) is 5.82 Å². The molecule has 0 saturated heterocycles. The molecule has 106 valence electrons. The normalized spacial score (nSPS) is 10.6. The number of nitrogens with zero attached hydrogens (tertiary/aromatic N) is 2. The second-order valence-corrected chi connectivity index (χ2v) is 4.85. The van der Waals surface area contributed by atoms with Crippen LogP contribution in [0.15, 0.2) is 53.3 Å². The second kappa shape index (κ2) is 5.93. The highest BCUT2D eigenvalue weighted by atomic mass is 35.5. The van der Waals surface area contributed by atoms with Crippen LogP contribution in [-0.2, 0) is 6.54 Å². The van der Waals surface area contributed by atoms with Crippen LogP contribution in [0.5, 0.6) is 0 Å². The van der Waals surface area contributed by atoms with Gasteiger partial charge < -0.3 is 9.73 Å². The third-order valence-corrected chi connectivity index (χ3v) is 3.20. The Morgan fingerprint density at radius 1 is 1.19 bits per heavy atom. The van der Waals surface area contributed by atoms with E-state index in [0.717, 1.165) is 11.3 Å². The number of anilines is 1. The Morgan fingerprint density at radius 3 is 2.86 bits per heavy atom. The summed E-state index contributed by atoms with van der Waals surface area (Å²) < 4.78 is 18.8. The summed E-state index contributed by atoms with van der Waals surface area (Å²) in [6.45, 7) is 0.357. The van der Waals surface area contributed by atoms with Crippen molar-refractivity contribution in [1.82, 2.24) is 10.2 Å². The lowest BCUT2D eigenvalue weighted by Crippen LogP contribution is -2.01. The van der Waals surface area contributed by atoms with Gasteiger partial charge in [0.1, 0.15) is 5.82 Å². The molecule has 0 radical (unpaired) electrons. The van der Waals surface area contributed by atoms with E-state index in [9.17, 15) is 4.39 Å². The number of halogens is 2. The van der Waals surface area contributed by atoms with Crippen LogP contribution in [0.4, 0.5) is 10.1 Å². The molecule has 6 heteroatoms. The van der Waals surface area contributed by atoms with Gasteiger partial charge in [-0.3, -0.25) is 0 Å². The van der Waals surface area contributed by atoms with Gasteiger partial charge in [0.15, 0.2) is 0 Å². The van der Waals surface area contributed by atoms with Crippen LogP contribution >= 0.6 is 11.6 Å². The van der Waals surface area contributed by atoms with Gasteiger partial charge in [0, 0.05) is 28.4 Å². The maximum atomic E-state index is 13.7. The summed E-state index contributed by atoms with van der Waals surface area (Å²) in [7, 11) is 0. The third kappa shape index (κ3) is 3.20. The lowest BCUT2D eigenvalue weighted by molar-refractivity contribution is 0.568. The lowest BCUT2D eigenvalue weighted by atomic mass is 10.1. The molecule has 0 atom stereocenters. The number of aromatic nitrogens is 2. The molecule has 0 bridgehead atoms. The fourth-order valence-corrected chi connectivity index (χ4v) is 2.08. The summed E-state index contributed by atoms with van der Waals surface area (Å²) in [6, 6.07) is 12.1. The van der Waals surface area contributed by atoms with E-state index >= 15 is 0 Å². The Labute approximate surface area is 125 Å². The second-order valence-electron chi connectivity index (χ2n) is 4.41. The van der Waals surface area contributed by atoms with E-state index in [4.69, 9.17) is 16.0 Å². The summed E-state index contributed by atoms with van der Waals surface area (Å²) in [4.78, 5) is 0. The van der Waals surface area contributed by atoms with Crippen LogP contribution in [0, 0.1) is 5.82 Å². The molecule has 0 aliphatic carbocycles. The minimum Gasteiger partial charge on any atom is -0.423 e. The van der Waals surface area contributed by atoms with E-state index in [1.165, 1.54) is 12.5 Å². The summed E-state index contributed by atoms with van der Waals surface area (Å²) in [5, 5.41) is 11.0. The van der Waals surface area contributed by atoms with E-state index in [1.54, 1.807) is 12.1 Å². The van der Waals surface area contributed by atoms with Crippen LogP contribution in [0.3, 0.4) is 0 Å². The number of rotatable bonds is 4. The van der Waals surface area contributed by atoms with Crippen molar-refractivity contribution in [2.45, 2.75) is 6.54 Å². The molecule has 0 amide bonds. The molecule has 0 saturated carbocycles. The van der Waals surface area contributed by atoms with Crippen LogP contribution in [0.25, 0.3) is 11.5 Å². The van der Waals surface area contributed by atoms with Crippen molar-refractivity contribution in [3.63, 3.8) is 0 Å². The van der Waals surface area contributed by atoms with Crippen molar-refractivity contribution in [3.05, 3.63) is 65.3 Å². The lowest BCUT2D eigenvalue weighted by Gasteiger charge is -2.08. The molecule has 1 N–H and O–H groups in total. The van der Waals surface area contributed by atoms with Gasteiger partial charge in [-0.15, -0.1) is 10.2 Å². The largest absolute Gasteiger partial charge is 0.423 e. The van der Waals surface area contributed by atoms with E-state index in [2.05, 4.69) is 15.5 Å². The zero-order chi connectivity index (χ0) is 14.7. The molecule has 3 aromatic rings. The molecule has 3 rings (SSSR count). The topological polar surface area (TPSA) is 51.0 Å². The number of hydrogen-bond donors (Lipinski definition) is 1. The SMILES string of the molecule is Fc1cc(Cl)ccc1CNc1cccc(-c2nnco2)c1. The van der Waals surface area contributed by atoms with Crippen LogP contribution in [0.2, 0.25) is 5.02 Å². The minimum absolute atomic E-state index is 0.331. The predicted molar refractivity (Wildman–Crippen MR) is 78.5 cm³/mol. The fraction of sp³-hybridized carbons (Fsp3) is 0.0667. The highest BCUT2D eigenvalue weighted by Gasteiger charge is 2.06. The Morgan fingerprint density at radius 2 is 2.10 bits per heavy atom. The first-order valence-corrected chi connectivity index (χ1v) is 6.64. The van der Waals surface area contributed by atoms with E-state index in [0.29, 0.717) is 23.0 Å². The van der Waals surface area contributed by atoms with Crippen molar-refractivity contribution < 1.29 is 8.81 Å². The van der Waals surface area contributed by atoms with Gasteiger partial charge in [0.25, 0.3) is 0 Å². The molecule has 21 heavy (non-hydrogen) atoms. The molecular weight excluding hydrogens is 293 g/mol. The Hall–Kier alpha value is -2.40. The van der Waals surface area contributed by atoms with Gasteiger partial charge in [0.2, 0.25) is 12.3 Å². The summed E-state index contributed by atoms with van der Waals surface area (Å²) in [6.07, 6.45) is 1.28. The van der Waals surface area contributed by atoms with Gasteiger partial charge >= 0.3 is 0 Å². The average molecular weight is 304 g/mol. The summed E-state index contributed by atoms with van der Waals surface area (Å²) in [5.74, 6) is 0.111.